The third kappa shape index (κ3) is 12.1. The number of hydrogen-bond donors (Lipinski definition) is 4. The Bertz CT molecular complexity index is 1140. The van der Waals surface area contributed by atoms with E-state index < -0.39 is 36.0 Å². The van der Waals surface area contributed by atoms with Crippen LogP contribution < -0.4 is 16.0 Å². The lowest BCUT2D eigenvalue weighted by Gasteiger charge is -2.39. The highest BCUT2D eigenvalue weighted by atomic mass is 127. The van der Waals surface area contributed by atoms with Crippen LogP contribution in [-0.4, -0.2) is 101 Å². The number of aliphatic hydroxyl groups is 1. The SMILES string of the molecule is CC(=O)OC(C)C=CC(=O)N[C@@H]1C[C@H](C)[C@H](C/C=C(C)/C=C/[C@H]2O[C@H](CC(=O)NCCNC(=O)CI)C[C@@]3(CO3)[C@@H]2O)O[C@@H]1C. The molecule has 9 atom stereocenters. The van der Waals surface area contributed by atoms with Crippen molar-refractivity contribution in [1.29, 1.82) is 0 Å². The standard InChI is InChI=1S/C32H48IN3O9/c1-19(6-9-26-20(2)14-25(22(4)44-26)36-28(38)11-8-21(3)43-23(5)37)7-10-27-31(41)32(18-42-32)16-24(45-27)15-29(39)34-12-13-35-30(40)17-33/h6-8,10-11,20-22,24-27,31,41H,9,12-18H2,1-5H3,(H,34,39)(H,35,40)(H,36,38)/b10-7+,11-8?,19-6+/t20-,21?,22+,24+,25+,26-,27+,31+,32+/m0/s1. The summed E-state index contributed by atoms with van der Waals surface area (Å²) in [5.74, 6) is -0.719. The first-order valence-corrected chi connectivity index (χ1v) is 17.1. The summed E-state index contributed by atoms with van der Waals surface area (Å²) in [5, 5.41) is 19.4. The first-order valence-electron chi connectivity index (χ1n) is 15.5. The summed E-state index contributed by atoms with van der Waals surface area (Å²) >= 11 is 1.98. The van der Waals surface area contributed by atoms with Gasteiger partial charge in [-0.25, -0.2) is 0 Å². The lowest BCUT2D eigenvalue weighted by molar-refractivity contribution is -0.145. The minimum absolute atomic E-state index is 0.0199. The van der Waals surface area contributed by atoms with Crippen LogP contribution in [-0.2, 0) is 38.1 Å². The van der Waals surface area contributed by atoms with Crippen LogP contribution in [0.5, 0.6) is 0 Å². The van der Waals surface area contributed by atoms with Gasteiger partial charge in [0.05, 0.1) is 41.8 Å². The van der Waals surface area contributed by atoms with Gasteiger partial charge < -0.3 is 40.0 Å². The van der Waals surface area contributed by atoms with Crippen molar-refractivity contribution >= 4 is 46.3 Å². The van der Waals surface area contributed by atoms with Crippen molar-refractivity contribution in [3.63, 3.8) is 0 Å². The van der Waals surface area contributed by atoms with Crippen LogP contribution in [0.4, 0.5) is 0 Å². The molecular weight excluding hydrogens is 697 g/mol. The summed E-state index contributed by atoms with van der Waals surface area (Å²) in [6.45, 7) is 10.2. The molecule has 1 spiro atoms. The fraction of sp³-hybridized carbons (Fsp3) is 0.688. The first-order chi connectivity index (χ1) is 21.3. The van der Waals surface area contributed by atoms with Gasteiger partial charge >= 0.3 is 5.97 Å². The second-order valence-corrected chi connectivity index (χ2v) is 12.9. The van der Waals surface area contributed by atoms with Gasteiger partial charge in [-0.05, 0) is 45.6 Å². The molecule has 0 aromatic heterocycles. The molecule has 0 saturated carbocycles. The number of rotatable bonds is 14. The first kappa shape index (κ1) is 37.1. The monoisotopic (exact) mass is 745 g/mol. The number of allylic oxidation sites excluding steroid dienone is 2. The smallest absolute Gasteiger partial charge is 0.303 e. The Kier molecular flexibility index (Phi) is 14.5. The maximum absolute atomic E-state index is 12.5. The van der Waals surface area contributed by atoms with Crippen molar-refractivity contribution in [3.05, 3.63) is 36.0 Å². The number of carbonyl (C=O) groups excluding carboxylic acids is 4. The number of amides is 3. The lowest BCUT2D eigenvalue weighted by Crippen LogP contribution is -2.51. The molecule has 12 nitrogen and oxygen atoms in total. The Morgan fingerprint density at radius 2 is 1.78 bits per heavy atom. The molecule has 0 aliphatic carbocycles. The molecule has 0 aromatic rings. The van der Waals surface area contributed by atoms with Crippen LogP contribution in [0.15, 0.2) is 36.0 Å². The molecular formula is C32H48IN3O9. The van der Waals surface area contributed by atoms with E-state index in [0.717, 1.165) is 12.0 Å². The van der Waals surface area contributed by atoms with Gasteiger partial charge in [-0.15, -0.1) is 0 Å². The fourth-order valence-corrected chi connectivity index (χ4v) is 5.89. The summed E-state index contributed by atoms with van der Waals surface area (Å²) in [4.78, 5) is 47.3. The van der Waals surface area contributed by atoms with Crippen molar-refractivity contribution in [2.45, 2.75) is 109 Å². The molecule has 13 heteroatoms. The summed E-state index contributed by atoms with van der Waals surface area (Å²) in [6.07, 6.45) is 8.22. The highest BCUT2D eigenvalue weighted by molar-refractivity contribution is 14.1. The van der Waals surface area contributed by atoms with Crippen LogP contribution >= 0.6 is 22.6 Å². The van der Waals surface area contributed by atoms with Crippen LogP contribution in [0.2, 0.25) is 0 Å². The van der Waals surface area contributed by atoms with Gasteiger partial charge in [0.2, 0.25) is 17.7 Å². The van der Waals surface area contributed by atoms with Gasteiger partial charge in [0, 0.05) is 32.5 Å². The topological polar surface area (TPSA) is 165 Å². The number of epoxide rings is 1. The molecule has 3 amide bonds. The third-order valence-corrected chi connectivity index (χ3v) is 8.92. The average molecular weight is 746 g/mol. The van der Waals surface area contributed by atoms with Crippen molar-refractivity contribution in [3.8, 4) is 0 Å². The molecule has 1 unspecified atom stereocenters. The number of esters is 1. The van der Waals surface area contributed by atoms with E-state index in [4.69, 9.17) is 18.9 Å². The number of ether oxygens (including phenoxy) is 4. The third-order valence-electron chi connectivity index (χ3n) is 8.23. The average Bonchev–Trinajstić information content (AvgIpc) is 3.75. The minimum Gasteiger partial charge on any atom is -0.459 e. The molecule has 3 aliphatic heterocycles. The van der Waals surface area contributed by atoms with Gasteiger partial charge in [-0.2, -0.15) is 0 Å². The number of carbonyl (C=O) groups is 4. The van der Waals surface area contributed by atoms with E-state index in [1.807, 2.05) is 48.6 Å². The van der Waals surface area contributed by atoms with Crippen molar-refractivity contribution < 1.29 is 43.2 Å². The van der Waals surface area contributed by atoms with Crippen LogP contribution in [0.25, 0.3) is 0 Å². The lowest BCUT2D eigenvalue weighted by atomic mass is 9.87. The molecule has 0 aromatic carbocycles. The Labute approximate surface area is 279 Å². The molecule has 3 saturated heterocycles. The predicted octanol–water partition coefficient (Wildman–Crippen LogP) is 2.03. The molecule has 3 aliphatic rings. The van der Waals surface area contributed by atoms with Crippen molar-refractivity contribution in [2.24, 2.45) is 5.92 Å². The summed E-state index contributed by atoms with van der Waals surface area (Å²) in [6, 6.07) is -0.138. The van der Waals surface area contributed by atoms with E-state index in [9.17, 15) is 24.3 Å². The highest BCUT2D eigenvalue weighted by Gasteiger charge is 2.58. The molecule has 45 heavy (non-hydrogen) atoms. The number of aliphatic hydroxyl groups excluding tert-OH is 1. The summed E-state index contributed by atoms with van der Waals surface area (Å²) < 4.78 is 23.4. The summed E-state index contributed by atoms with van der Waals surface area (Å²) in [5.41, 5.74) is 0.296. The molecule has 3 rings (SSSR count). The Hall–Kier alpha value is -2.33. The zero-order valence-electron chi connectivity index (χ0n) is 26.8. The predicted molar refractivity (Wildman–Crippen MR) is 175 cm³/mol. The van der Waals surface area contributed by atoms with E-state index in [0.29, 0.717) is 37.0 Å². The van der Waals surface area contributed by atoms with Crippen LogP contribution in [0, 0.1) is 5.92 Å². The summed E-state index contributed by atoms with van der Waals surface area (Å²) in [7, 11) is 0. The molecule has 3 fully saturated rings. The minimum atomic E-state index is -0.834. The van der Waals surface area contributed by atoms with E-state index >= 15 is 0 Å². The Morgan fingerprint density at radius 3 is 2.42 bits per heavy atom. The Morgan fingerprint density at radius 1 is 1.09 bits per heavy atom. The number of nitrogens with one attached hydrogen (secondary N) is 3. The van der Waals surface area contributed by atoms with Crippen molar-refractivity contribution in [1.82, 2.24) is 16.0 Å². The van der Waals surface area contributed by atoms with E-state index in [2.05, 4.69) is 29.0 Å². The van der Waals surface area contributed by atoms with Crippen LogP contribution in [0.1, 0.15) is 60.3 Å². The van der Waals surface area contributed by atoms with E-state index in [1.165, 1.54) is 13.0 Å². The number of halogens is 1. The molecule has 4 N–H and O–H groups in total. The number of alkyl halides is 1. The van der Waals surface area contributed by atoms with Gasteiger partial charge in [0.15, 0.2) is 0 Å². The highest BCUT2D eigenvalue weighted by Crippen LogP contribution is 2.43. The second kappa shape index (κ2) is 17.5. The normalized spacial score (nSPS) is 32.3. The van der Waals surface area contributed by atoms with E-state index in [-0.39, 0.29) is 48.3 Å². The number of hydrogen-bond acceptors (Lipinski definition) is 9. The maximum Gasteiger partial charge on any atom is 0.303 e. The van der Waals surface area contributed by atoms with Gasteiger partial charge in [0.1, 0.15) is 23.9 Å². The fourth-order valence-electron chi connectivity index (χ4n) is 5.62. The van der Waals surface area contributed by atoms with Gasteiger partial charge in [-0.1, -0.05) is 53.3 Å². The van der Waals surface area contributed by atoms with Crippen molar-refractivity contribution in [2.75, 3.05) is 24.1 Å². The van der Waals surface area contributed by atoms with Gasteiger partial charge in [-0.3, -0.25) is 19.2 Å². The Balaban J connectivity index is 1.47. The molecule has 0 radical (unpaired) electrons. The van der Waals surface area contributed by atoms with E-state index in [1.54, 1.807) is 13.0 Å². The maximum atomic E-state index is 12.5. The largest absolute Gasteiger partial charge is 0.459 e. The molecule has 0 bridgehead atoms. The zero-order valence-corrected chi connectivity index (χ0v) is 28.9. The zero-order chi connectivity index (χ0) is 33.1. The van der Waals surface area contributed by atoms with Crippen LogP contribution in [0.3, 0.4) is 0 Å². The van der Waals surface area contributed by atoms with Gasteiger partial charge in [0.25, 0.3) is 0 Å². The molecule has 252 valence electrons. The second-order valence-electron chi connectivity index (χ2n) is 12.2. The quantitative estimate of drug-likeness (QED) is 0.0396. The molecule has 3 heterocycles.